The first-order chi connectivity index (χ1) is 8.22. The second kappa shape index (κ2) is 3.79. The fourth-order valence-corrected chi connectivity index (χ4v) is 1.97. The molecule has 0 aliphatic rings. The van der Waals surface area contributed by atoms with E-state index >= 15 is 0 Å². The topological polar surface area (TPSA) is 54.7 Å². The first-order valence-corrected chi connectivity index (χ1v) is 5.60. The molecule has 3 nitrogen and oxygen atoms in total. The van der Waals surface area contributed by atoms with Crippen LogP contribution in [0.25, 0.3) is 22.3 Å². The van der Waals surface area contributed by atoms with Crippen LogP contribution in [-0.4, -0.2) is 9.97 Å². The van der Waals surface area contributed by atoms with Gasteiger partial charge >= 0.3 is 0 Å². The molecule has 0 amide bonds. The number of fused-ring (bicyclic) bond motifs is 1. The summed E-state index contributed by atoms with van der Waals surface area (Å²) in [7, 11) is 0. The zero-order valence-electron chi connectivity index (χ0n) is 8.94. The van der Waals surface area contributed by atoms with Crippen LogP contribution in [0.15, 0.2) is 42.6 Å². The van der Waals surface area contributed by atoms with Gasteiger partial charge in [0, 0.05) is 15.9 Å². The van der Waals surface area contributed by atoms with Gasteiger partial charge in [0.15, 0.2) is 0 Å². The number of nitrogens with zero attached hydrogens (tertiary/aromatic N) is 1. The smallest absolute Gasteiger partial charge is 0.0866 e. The van der Waals surface area contributed by atoms with Crippen LogP contribution in [-0.2, 0) is 0 Å². The quantitative estimate of drug-likeness (QED) is 0.688. The first-order valence-electron chi connectivity index (χ1n) is 5.22. The second-order valence-electron chi connectivity index (χ2n) is 3.89. The molecule has 0 fully saturated rings. The fourth-order valence-electron chi connectivity index (χ4n) is 1.80. The third-order valence-electron chi connectivity index (χ3n) is 2.65. The van der Waals surface area contributed by atoms with Crippen molar-refractivity contribution >= 4 is 28.2 Å². The van der Waals surface area contributed by atoms with Gasteiger partial charge in [-0.25, -0.2) is 0 Å². The van der Waals surface area contributed by atoms with Crippen molar-refractivity contribution in [3.05, 3.63) is 47.6 Å². The van der Waals surface area contributed by atoms with Gasteiger partial charge < -0.3 is 10.7 Å². The number of hydrogen-bond donors (Lipinski definition) is 2. The summed E-state index contributed by atoms with van der Waals surface area (Å²) >= 11 is 5.94. The van der Waals surface area contributed by atoms with E-state index in [2.05, 4.69) is 9.97 Å². The van der Waals surface area contributed by atoms with Crippen molar-refractivity contribution in [2.45, 2.75) is 0 Å². The SMILES string of the molecule is Nc1ccc(-c2cc3ccc(Cl)cc3[nH]2)nc1. The van der Waals surface area contributed by atoms with Crippen molar-refractivity contribution in [1.29, 1.82) is 0 Å². The number of rotatable bonds is 1. The van der Waals surface area contributed by atoms with Crippen LogP contribution in [0, 0.1) is 0 Å². The summed E-state index contributed by atoms with van der Waals surface area (Å²) in [5, 5.41) is 1.83. The van der Waals surface area contributed by atoms with E-state index in [1.807, 2.05) is 36.4 Å². The molecule has 84 valence electrons. The molecule has 0 saturated carbocycles. The van der Waals surface area contributed by atoms with E-state index in [1.54, 1.807) is 6.20 Å². The van der Waals surface area contributed by atoms with Crippen LogP contribution in [0.1, 0.15) is 0 Å². The summed E-state index contributed by atoms with van der Waals surface area (Å²) in [6.07, 6.45) is 1.65. The van der Waals surface area contributed by atoms with Crippen LogP contribution < -0.4 is 5.73 Å². The molecule has 1 aromatic carbocycles. The Bertz CT molecular complexity index is 671. The van der Waals surface area contributed by atoms with E-state index in [0.717, 1.165) is 27.3 Å². The number of anilines is 1. The average Bonchev–Trinajstić information content (AvgIpc) is 2.72. The van der Waals surface area contributed by atoms with Gasteiger partial charge in [-0.1, -0.05) is 17.7 Å². The normalized spacial score (nSPS) is 10.9. The Balaban J connectivity index is 2.14. The van der Waals surface area contributed by atoms with Crippen LogP contribution >= 0.6 is 11.6 Å². The Hall–Kier alpha value is -2.00. The fraction of sp³-hybridized carbons (Fsp3) is 0. The highest BCUT2D eigenvalue weighted by Crippen LogP contribution is 2.25. The molecule has 2 aromatic heterocycles. The number of nitrogens with one attached hydrogen (secondary N) is 1. The number of nitrogens with two attached hydrogens (primary N) is 1. The Labute approximate surface area is 103 Å². The second-order valence-corrected chi connectivity index (χ2v) is 4.33. The summed E-state index contributed by atoms with van der Waals surface area (Å²) in [6, 6.07) is 11.5. The first kappa shape index (κ1) is 10.2. The van der Waals surface area contributed by atoms with Gasteiger partial charge in [-0.2, -0.15) is 0 Å². The predicted octanol–water partition coefficient (Wildman–Crippen LogP) is 3.47. The molecule has 17 heavy (non-hydrogen) atoms. The minimum atomic E-state index is 0.660. The molecule has 0 aliphatic carbocycles. The highest BCUT2D eigenvalue weighted by molar-refractivity contribution is 6.31. The molecule has 0 atom stereocenters. The predicted molar refractivity (Wildman–Crippen MR) is 71.0 cm³/mol. The minimum absolute atomic E-state index is 0.660. The molecule has 0 radical (unpaired) electrons. The maximum atomic E-state index is 5.94. The molecule has 0 unspecified atom stereocenters. The monoisotopic (exact) mass is 243 g/mol. The lowest BCUT2D eigenvalue weighted by atomic mass is 10.2. The number of aromatic amines is 1. The molecule has 0 spiro atoms. The van der Waals surface area contributed by atoms with E-state index in [9.17, 15) is 0 Å². The number of H-pyrrole nitrogens is 1. The maximum absolute atomic E-state index is 5.94. The zero-order chi connectivity index (χ0) is 11.8. The van der Waals surface area contributed by atoms with Gasteiger partial charge in [-0.05, 0) is 30.3 Å². The lowest BCUT2D eigenvalue weighted by Gasteiger charge is -1.96. The number of hydrogen-bond acceptors (Lipinski definition) is 2. The zero-order valence-corrected chi connectivity index (χ0v) is 9.70. The van der Waals surface area contributed by atoms with Gasteiger partial charge in [-0.3, -0.25) is 4.98 Å². The van der Waals surface area contributed by atoms with Crippen molar-refractivity contribution in [1.82, 2.24) is 9.97 Å². The van der Waals surface area contributed by atoms with E-state index < -0.39 is 0 Å². The largest absolute Gasteiger partial charge is 0.397 e. The molecule has 4 heteroatoms. The minimum Gasteiger partial charge on any atom is -0.397 e. The number of nitrogen functional groups attached to an aromatic ring is 1. The summed E-state index contributed by atoms with van der Waals surface area (Å²) in [6.45, 7) is 0. The number of halogens is 1. The Kier molecular flexibility index (Phi) is 2.27. The number of pyridine rings is 1. The van der Waals surface area contributed by atoms with Crippen LogP contribution in [0.3, 0.4) is 0 Å². The molecular formula is C13H10ClN3. The molecule has 0 aliphatic heterocycles. The van der Waals surface area contributed by atoms with E-state index in [-0.39, 0.29) is 0 Å². The van der Waals surface area contributed by atoms with Crippen molar-refractivity contribution in [3.8, 4) is 11.4 Å². The van der Waals surface area contributed by atoms with Gasteiger partial charge in [0.05, 0.1) is 23.3 Å². The van der Waals surface area contributed by atoms with E-state index in [4.69, 9.17) is 17.3 Å². The summed E-state index contributed by atoms with van der Waals surface area (Å²) in [5.41, 5.74) is 9.10. The van der Waals surface area contributed by atoms with E-state index in [0.29, 0.717) is 5.69 Å². The molecule has 3 N–H and O–H groups in total. The highest BCUT2D eigenvalue weighted by atomic mass is 35.5. The van der Waals surface area contributed by atoms with Crippen molar-refractivity contribution in [2.24, 2.45) is 0 Å². The van der Waals surface area contributed by atoms with Crippen LogP contribution in [0.4, 0.5) is 5.69 Å². The van der Waals surface area contributed by atoms with Crippen molar-refractivity contribution in [2.75, 3.05) is 5.73 Å². The third kappa shape index (κ3) is 1.85. The Morgan fingerprint density at radius 3 is 2.76 bits per heavy atom. The van der Waals surface area contributed by atoms with Gasteiger partial charge in [-0.15, -0.1) is 0 Å². The molecule has 3 rings (SSSR count). The summed E-state index contributed by atoms with van der Waals surface area (Å²) in [4.78, 5) is 7.56. The average molecular weight is 244 g/mol. The lowest BCUT2D eigenvalue weighted by molar-refractivity contribution is 1.29. The van der Waals surface area contributed by atoms with Gasteiger partial charge in [0.1, 0.15) is 0 Å². The number of benzene rings is 1. The maximum Gasteiger partial charge on any atom is 0.0866 e. The standard InChI is InChI=1S/C13H10ClN3/c14-9-2-1-8-5-13(17-12(8)6-9)11-4-3-10(15)7-16-11/h1-7,17H,15H2. The molecule has 0 saturated heterocycles. The Morgan fingerprint density at radius 2 is 2.00 bits per heavy atom. The molecule has 0 bridgehead atoms. The van der Waals surface area contributed by atoms with Gasteiger partial charge in [0.2, 0.25) is 0 Å². The van der Waals surface area contributed by atoms with Crippen molar-refractivity contribution < 1.29 is 0 Å². The molecule has 3 aromatic rings. The van der Waals surface area contributed by atoms with Crippen molar-refractivity contribution in [3.63, 3.8) is 0 Å². The third-order valence-corrected chi connectivity index (χ3v) is 2.88. The lowest BCUT2D eigenvalue weighted by Crippen LogP contribution is -1.87. The molecular weight excluding hydrogens is 234 g/mol. The molecule has 2 heterocycles. The summed E-state index contributed by atoms with van der Waals surface area (Å²) in [5.74, 6) is 0. The van der Waals surface area contributed by atoms with Crippen LogP contribution in [0.2, 0.25) is 5.02 Å². The van der Waals surface area contributed by atoms with Crippen LogP contribution in [0.5, 0.6) is 0 Å². The van der Waals surface area contributed by atoms with E-state index in [1.165, 1.54) is 0 Å². The number of aromatic nitrogens is 2. The summed E-state index contributed by atoms with van der Waals surface area (Å²) < 4.78 is 0. The highest BCUT2D eigenvalue weighted by Gasteiger charge is 2.04. The Morgan fingerprint density at radius 1 is 1.12 bits per heavy atom. The van der Waals surface area contributed by atoms with Gasteiger partial charge in [0.25, 0.3) is 0 Å².